The Balaban J connectivity index is 1.84. The number of benzene rings is 2. The average molecular weight is 333 g/mol. The van der Waals surface area contributed by atoms with Crippen molar-refractivity contribution in [2.75, 3.05) is 0 Å². The molecule has 1 aliphatic carbocycles. The Labute approximate surface area is 146 Å². The van der Waals surface area contributed by atoms with E-state index in [-0.39, 0.29) is 5.78 Å². The fraction of sp³-hybridized carbons (Fsp3) is 0.238. The SMILES string of the molecule is CC(=O)OC1CCc2c(c3ccccc3n2Cc2ccccc2)C1=O. The minimum absolute atomic E-state index is 0.0838. The van der Waals surface area contributed by atoms with Gasteiger partial charge in [-0.15, -0.1) is 0 Å². The Hall–Kier alpha value is -2.88. The van der Waals surface area contributed by atoms with E-state index < -0.39 is 12.1 Å². The highest BCUT2D eigenvalue weighted by atomic mass is 16.5. The lowest BCUT2D eigenvalue weighted by Gasteiger charge is -2.22. The largest absolute Gasteiger partial charge is 0.454 e. The Bertz CT molecular complexity index is 956. The predicted molar refractivity (Wildman–Crippen MR) is 95.7 cm³/mol. The molecule has 3 aromatic rings. The van der Waals surface area contributed by atoms with E-state index in [4.69, 9.17) is 4.74 Å². The number of para-hydroxylation sites is 1. The minimum atomic E-state index is -0.666. The Morgan fingerprint density at radius 2 is 1.84 bits per heavy atom. The van der Waals surface area contributed by atoms with Crippen molar-refractivity contribution in [1.29, 1.82) is 0 Å². The number of rotatable bonds is 3. The first kappa shape index (κ1) is 15.6. The molecule has 4 heteroatoms. The van der Waals surface area contributed by atoms with Gasteiger partial charge in [0.15, 0.2) is 6.10 Å². The van der Waals surface area contributed by atoms with Gasteiger partial charge in [0.25, 0.3) is 0 Å². The maximum Gasteiger partial charge on any atom is 0.303 e. The summed E-state index contributed by atoms with van der Waals surface area (Å²) in [5, 5.41) is 0.940. The number of nitrogens with zero attached hydrogens (tertiary/aromatic N) is 1. The Morgan fingerprint density at radius 1 is 1.12 bits per heavy atom. The van der Waals surface area contributed by atoms with Crippen LogP contribution in [0.3, 0.4) is 0 Å². The van der Waals surface area contributed by atoms with Crippen molar-refractivity contribution in [3.8, 4) is 0 Å². The van der Waals surface area contributed by atoms with E-state index in [9.17, 15) is 9.59 Å². The van der Waals surface area contributed by atoms with Crippen LogP contribution in [0.1, 0.15) is 35.0 Å². The van der Waals surface area contributed by atoms with Gasteiger partial charge in [0, 0.05) is 30.1 Å². The maximum absolute atomic E-state index is 12.9. The summed E-state index contributed by atoms with van der Waals surface area (Å²) < 4.78 is 7.46. The number of ether oxygens (including phenoxy) is 1. The molecular formula is C21H19NO3. The van der Waals surface area contributed by atoms with Crippen LogP contribution in [0.25, 0.3) is 10.9 Å². The topological polar surface area (TPSA) is 48.3 Å². The Morgan fingerprint density at radius 3 is 2.60 bits per heavy atom. The highest BCUT2D eigenvalue weighted by Gasteiger charge is 2.34. The van der Waals surface area contributed by atoms with E-state index in [2.05, 4.69) is 16.7 Å². The Kier molecular flexibility index (Phi) is 3.88. The summed E-state index contributed by atoms with van der Waals surface area (Å²) in [4.78, 5) is 24.2. The molecule has 0 bridgehead atoms. The molecule has 4 nitrogen and oxygen atoms in total. The molecule has 0 aliphatic heterocycles. The summed E-state index contributed by atoms with van der Waals surface area (Å²) in [6, 6.07) is 18.2. The van der Waals surface area contributed by atoms with Gasteiger partial charge < -0.3 is 9.30 Å². The van der Waals surface area contributed by atoms with E-state index >= 15 is 0 Å². The van der Waals surface area contributed by atoms with E-state index in [0.717, 1.165) is 29.6 Å². The molecule has 1 atom stereocenters. The molecule has 0 radical (unpaired) electrons. The lowest BCUT2D eigenvalue weighted by molar-refractivity contribution is -0.144. The van der Waals surface area contributed by atoms with Crippen molar-refractivity contribution in [1.82, 2.24) is 4.57 Å². The molecule has 1 aliphatic rings. The second kappa shape index (κ2) is 6.20. The van der Waals surface area contributed by atoms with Crippen molar-refractivity contribution in [3.05, 3.63) is 71.4 Å². The third kappa shape index (κ3) is 2.74. The number of carbonyl (C=O) groups excluding carboxylic acids is 2. The fourth-order valence-electron chi connectivity index (χ4n) is 3.71. The van der Waals surface area contributed by atoms with E-state index in [1.54, 1.807) is 0 Å². The first-order valence-electron chi connectivity index (χ1n) is 8.50. The van der Waals surface area contributed by atoms with Gasteiger partial charge in [0.2, 0.25) is 5.78 Å². The summed E-state index contributed by atoms with van der Waals surface area (Å²) in [5.74, 6) is -0.491. The van der Waals surface area contributed by atoms with Crippen LogP contribution in [0.15, 0.2) is 54.6 Å². The zero-order valence-electron chi connectivity index (χ0n) is 14.1. The number of carbonyl (C=O) groups is 2. The number of Topliss-reactive ketones (excluding diaryl/α,β-unsaturated/α-hetero) is 1. The maximum atomic E-state index is 12.9. The molecule has 0 fully saturated rings. The number of esters is 1. The number of hydrogen-bond donors (Lipinski definition) is 0. The van der Waals surface area contributed by atoms with Gasteiger partial charge in [-0.05, 0) is 24.5 Å². The van der Waals surface area contributed by atoms with Gasteiger partial charge >= 0.3 is 5.97 Å². The predicted octanol–water partition coefficient (Wildman–Crippen LogP) is 3.75. The molecule has 25 heavy (non-hydrogen) atoms. The zero-order chi connectivity index (χ0) is 17.4. The van der Waals surface area contributed by atoms with E-state index in [0.29, 0.717) is 12.0 Å². The number of hydrogen-bond acceptors (Lipinski definition) is 3. The lowest BCUT2D eigenvalue weighted by Crippen LogP contribution is -2.32. The molecule has 4 rings (SSSR count). The van der Waals surface area contributed by atoms with Gasteiger partial charge in [-0.1, -0.05) is 48.5 Å². The van der Waals surface area contributed by atoms with Gasteiger partial charge in [0.05, 0.1) is 5.56 Å². The molecule has 0 N–H and O–H groups in total. The lowest BCUT2D eigenvalue weighted by atomic mass is 9.91. The van der Waals surface area contributed by atoms with E-state index in [1.165, 1.54) is 12.5 Å². The molecular weight excluding hydrogens is 314 g/mol. The van der Waals surface area contributed by atoms with Crippen LogP contribution >= 0.6 is 0 Å². The quantitative estimate of drug-likeness (QED) is 0.686. The van der Waals surface area contributed by atoms with Gasteiger partial charge in [-0.3, -0.25) is 9.59 Å². The monoisotopic (exact) mass is 333 g/mol. The molecule has 1 aromatic heterocycles. The van der Waals surface area contributed by atoms with Crippen LogP contribution in [-0.2, 0) is 22.5 Å². The second-order valence-corrected chi connectivity index (χ2v) is 6.41. The minimum Gasteiger partial charge on any atom is -0.454 e. The number of ketones is 1. The fourth-order valence-corrected chi connectivity index (χ4v) is 3.71. The summed E-state index contributed by atoms with van der Waals surface area (Å²) >= 11 is 0. The molecule has 126 valence electrons. The first-order chi connectivity index (χ1) is 12.1. The number of aromatic nitrogens is 1. The van der Waals surface area contributed by atoms with Crippen LogP contribution in [0.5, 0.6) is 0 Å². The summed E-state index contributed by atoms with van der Waals surface area (Å²) in [6.07, 6.45) is 0.595. The third-order valence-corrected chi connectivity index (χ3v) is 4.75. The third-order valence-electron chi connectivity index (χ3n) is 4.75. The van der Waals surface area contributed by atoms with Crippen LogP contribution < -0.4 is 0 Å². The van der Waals surface area contributed by atoms with Crippen LogP contribution in [0.4, 0.5) is 0 Å². The highest BCUT2D eigenvalue weighted by molar-refractivity contribution is 6.12. The highest BCUT2D eigenvalue weighted by Crippen LogP contribution is 2.33. The first-order valence-corrected chi connectivity index (χ1v) is 8.50. The standard InChI is InChI=1S/C21H19NO3/c1-14(23)25-19-12-11-18-20(21(19)24)16-9-5-6-10-17(16)22(18)13-15-7-3-2-4-8-15/h2-10,19H,11-13H2,1H3. The molecule has 0 spiro atoms. The number of fused-ring (bicyclic) bond motifs is 3. The average Bonchev–Trinajstić information content (AvgIpc) is 2.93. The molecule has 0 saturated heterocycles. The zero-order valence-corrected chi connectivity index (χ0v) is 14.1. The van der Waals surface area contributed by atoms with Crippen molar-refractivity contribution in [3.63, 3.8) is 0 Å². The van der Waals surface area contributed by atoms with Gasteiger partial charge in [-0.25, -0.2) is 0 Å². The van der Waals surface area contributed by atoms with Crippen molar-refractivity contribution in [2.45, 2.75) is 32.4 Å². The van der Waals surface area contributed by atoms with Crippen LogP contribution in [0, 0.1) is 0 Å². The summed E-state index contributed by atoms with van der Waals surface area (Å²) in [5.41, 5.74) is 4.00. The molecule has 0 saturated carbocycles. The van der Waals surface area contributed by atoms with Crippen LogP contribution in [-0.4, -0.2) is 22.4 Å². The van der Waals surface area contributed by atoms with Crippen molar-refractivity contribution >= 4 is 22.7 Å². The molecule has 1 unspecified atom stereocenters. The van der Waals surface area contributed by atoms with E-state index in [1.807, 2.05) is 42.5 Å². The molecule has 2 aromatic carbocycles. The summed E-state index contributed by atoms with van der Waals surface area (Å²) in [6.45, 7) is 2.07. The smallest absolute Gasteiger partial charge is 0.303 e. The van der Waals surface area contributed by atoms with Gasteiger partial charge in [-0.2, -0.15) is 0 Å². The van der Waals surface area contributed by atoms with Gasteiger partial charge in [0.1, 0.15) is 0 Å². The molecule has 1 heterocycles. The van der Waals surface area contributed by atoms with Crippen molar-refractivity contribution < 1.29 is 14.3 Å². The van der Waals surface area contributed by atoms with Crippen molar-refractivity contribution in [2.24, 2.45) is 0 Å². The van der Waals surface area contributed by atoms with Crippen LogP contribution in [0.2, 0.25) is 0 Å². The second-order valence-electron chi connectivity index (χ2n) is 6.41. The molecule has 0 amide bonds. The summed E-state index contributed by atoms with van der Waals surface area (Å²) in [7, 11) is 0. The normalized spacial score (nSPS) is 16.7.